The summed E-state index contributed by atoms with van der Waals surface area (Å²) in [5, 5.41) is 13.9. The lowest BCUT2D eigenvalue weighted by molar-refractivity contribution is -0.777. The largest absolute Gasteiger partial charge is 0.744 e. The van der Waals surface area contributed by atoms with Crippen LogP contribution in [0.3, 0.4) is 0 Å². The SMILES string of the molecule is CCN1\C(=C/C=C/C=C/C2=[N+](CCCCC3C(=O)N3CCOC3CCCCO3)c3cc(S(=O)(=O)[O-])ccc3C2(C)C)C(C)(C)c2ccc(SOO[O-])cc21. The van der Waals surface area contributed by atoms with E-state index >= 15 is 0 Å². The number of hydrogen-bond acceptors (Lipinski definition) is 11. The molecule has 12 nitrogen and oxygen atoms in total. The molecule has 14 heteroatoms. The monoisotopic (exact) mass is 780 g/mol. The summed E-state index contributed by atoms with van der Waals surface area (Å²) in [6.45, 7) is 13.7. The average molecular weight is 781 g/mol. The predicted octanol–water partition coefficient (Wildman–Crippen LogP) is 5.94. The Morgan fingerprint density at radius 3 is 2.56 bits per heavy atom. The standard InChI is InChI=1S/C40H51N3O9S2/c1-6-41-33-26-28(53-52-51-45)18-20-30(33)39(2,3)35(41)15-8-7-9-16-36-40(4,5)31-21-19-29(54(46,47)48)27-34(31)42(36)22-12-10-14-32-38(44)43(32)23-25-50-37-17-11-13-24-49-37/h7-9,15-16,18-21,26-27,32,37H,6,10-14,17,22-25H2,1-5H3,(H-,45,46,47,48)/p-1. The van der Waals surface area contributed by atoms with Crippen molar-refractivity contribution in [1.29, 1.82) is 0 Å². The molecule has 2 atom stereocenters. The third-order valence-corrected chi connectivity index (χ3v) is 12.4. The van der Waals surface area contributed by atoms with Gasteiger partial charge in [-0.1, -0.05) is 44.2 Å². The molecular weight excluding hydrogens is 731 g/mol. The Kier molecular flexibility index (Phi) is 12.5. The van der Waals surface area contributed by atoms with Gasteiger partial charge in [-0.25, -0.2) is 8.42 Å². The average Bonchev–Trinajstić information content (AvgIpc) is 3.62. The van der Waals surface area contributed by atoms with E-state index in [9.17, 15) is 23.0 Å². The molecule has 4 aliphatic heterocycles. The zero-order valence-corrected chi connectivity index (χ0v) is 33.2. The van der Waals surface area contributed by atoms with Gasteiger partial charge in [0.25, 0.3) is 0 Å². The third kappa shape index (κ3) is 8.56. The predicted molar refractivity (Wildman–Crippen MR) is 203 cm³/mol. The molecule has 2 aromatic carbocycles. The van der Waals surface area contributed by atoms with E-state index in [1.165, 1.54) is 17.7 Å². The molecular formula is C40H50N3O9S2-. The fourth-order valence-electron chi connectivity index (χ4n) is 8.07. The number of fused-ring (bicyclic) bond motifs is 2. The first-order valence-electron chi connectivity index (χ1n) is 18.7. The molecule has 0 saturated carbocycles. The van der Waals surface area contributed by atoms with Crippen molar-refractivity contribution in [2.24, 2.45) is 0 Å². The maximum atomic E-state index is 12.5. The van der Waals surface area contributed by atoms with Crippen LogP contribution in [-0.2, 0) is 44.6 Å². The maximum Gasteiger partial charge on any atom is 0.246 e. The summed E-state index contributed by atoms with van der Waals surface area (Å²) >= 11 is 0.872. The minimum absolute atomic E-state index is 0.0994. The molecule has 2 aromatic rings. The van der Waals surface area contributed by atoms with Crippen molar-refractivity contribution >= 4 is 45.2 Å². The van der Waals surface area contributed by atoms with E-state index in [1.54, 1.807) is 6.07 Å². The van der Waals surface area contributed by atoms with Crippen LogP contribution in [-0.4, -0.2) is 79.2 Å². The van der Waals surface area contributed by atoms with Gasteiger partial charge in [0, 0.05) is 65.5 Å². The van der Waals surface area contributed by atoms with Crippen molar-refractivity contribution in [1.82, 2.24) is 4.90 Å². The van der Waals surface area contributed by atoms with Gasteiger partial charge < -0.3 is 29.1 Å². The van der Waals surface area contributed by atoms with Crippen LogP contribution in [0.2, 0.25) is 0 Å². The van der Waals surface area contributed by atoms with Gasteiger partial charge in [0.15, 0.2) is 12.0 Å². The molecule has 2 fully saturated rings. The van der Waals surface area contributed by atoms with Crippen LogP contribution in [0.15, 0.2) is 82.3 Å². The highest BCUT2D eigenvalue weighted by atomic mass is 32.2. The minimum atomic E-state index is -4.65. The molecule has 4 heterocycles. The molecule has 6 rings (SSSR count). The van der Waals surface area contributed by atoms with Crippen molar-refractivity contribution in [2.75, 3.05) is 37.7 Å². The molecule has 1 amide bonds. The number of nitrogens with zero attached hydrogens (tertiary/aromatic N) is 3. The van der Waals surface area contributed by atoms with Crippen molar-refractivity contribution in [3.05, 3.63) is 83.6 Å². The maximum absolute atomic E-state index is 12.5. The molecule has 0 N–H and O–H groups in total. The van der Waals surface area contributed by atoms with E-state index in [-0.39, 0.29) is 28.5 Å². The molecule has 0 aliphatic carbocycles. The number of hydrogen-bond donors (Lipinski definition) is 0. The summed E-state index contributed by atoms with van der Waals surface area (Å²) in [5.41, 5.74) is 5.26. The van der Waals surface area contributed by atoms with E-state index < -0.39 is 15.5 Å². The van der Waals surface area contributed by atoms with Crippen molar-refractivity contribution < 1.29 is 46.4 Å². The number of ether oxygens (including phenoxy) is 2. The van der Waals surface area contributed by atoms with Crippen LogP contribution < -0.4 is 10.2 Å². The highest BCUT2D eigenvalue weighted by molar-refractivity contribution is 7.94. The van der Waals surface area contributed by atoms with E-state index in [1.807, 2.05) is 35.3 Å². The van der Waals surface area contributed by atoms with Gasteiger partial charge in [-0.05, 0) is 82.7 Å². The molecule has 0 radical (unpaired) electrons. The molecule has 4 aliphatic rings. The number of carbonyl (C=O) groups is 1. The van der Waals surface area contributed by atoms with E-state index in [0.717, 1.165) is 91.3 Å². The quantitative estimate of drug-likeness (QED) is 0.0275. The van der Waals surface area contributed by atoms with Crippen LogP contribution in [0.1, 0.15) is 84.3 Å². The Labute approximate surface area is 322 Å². The Hall–Kier alpha value is -3.34. The summed E-state index contributed by atoms with van der Waals surface area (Å²) in [7, 11) is -4.65. The Morgan fingerprint density at radius 2 is 1.83 bits per heavy atom. The van der Waals surface area contributed by atoms with Gasteiger partial charge in [0.2, 0.25) is 11.6 Å². The first-order valence-corrected chi connectivity index (χ1v) is 20.8. The zero-order valence-electron chi connectivity index (χ0n) is 31.6. The number of allylic oxidation sites excluding steroid dienone is 6. The second-order valence-corrected chi connectivity index (χ2v) is 17.2. The molecule has 2 unspecified atom stereocenters. The first kappa shape index (κ1) is 40.3. The van der Waals surface area contributed by atoms with Crippen LogP contribution >= 0.6 is 12.0 Å². The van der Waals surface area contributed by atoms with E-state index in [2.05, 4.69) is 71.7 Å². The van der Waals surface area contributed by atoms with Gasteiger partial charge in [-0.3, -0.25) is 9.83 Å². The molecule has 54 heavy (non-hydrogen) atoms. The highest BCUT2D eigenvalue weighted by Crippen LogP contribution is 2.49. The van der Waals surface area contributed by atoms with Crippen LogP contribution in [0.5, 0.6) is 0 Å². The number of benzene rings is 2. The summed E-state index contributed by atoms with van der Waals surface area (Å²) in [6.07, 6.45) is 15.3. The summed E-state index contributed by atoms with van der Waals surface area (Å²) in [6, 6.07) is 10.5. The Morgan fingerprint density at radius 1 is 1.04 bits per heavy atom. The second kappa shape index (κ2) is 16.8. The van der Waals surface area contributed by atoms with Crippen LogP contribution in [0.4, 0.5) is 11.4 Å². The zero-order chi connectivity index (χ0) is 38.7. The van der Waals surface area contributed by atoms with Crippen molar-refractivity contribution in [3.8, 4) is 0 Å². The number of likely N-dealkylation sites (N-methyl/N-ethyl adjacent to an activating group) is 1. The number of anilines is 1. The van der Waals surface area contributed by atoms with Gasteiger partial charge in [0.05, 0.1) is 29.0 Å². The highest BCUT2D eigenvalue weighted by Gasteiger charge is 2.46. The fourth-order valence-corrected chi connectivity index (χ4v) is 8.95. The number of unbranched alkanes of at least 4 members (excludes halogenated alkanes) is 1. The van der Waals surface area contributed by atoms with Crippen LogP contribution in [0.25, 0.3) is 0 Å². The summed E-state index contributed by atoms with van der Waals surface area (Å²) in [4.78, 5) is 17.1. The van der Waals surface area contributed by atoms with Crippen molar-refractivity contribution in [3.63, 3.8) is 0 Å². The van der Waals surface area contributed by atoms with Crippen LogP contribution in [0, 0.1) is 0 Å². The number of amides is 1. The van der Waals surface area contributed by atoms with E-state index in [4.69, 9.17) is 9.47 Å². The van der Waals surface area contributed by atoms with E-state index in [0.29, 0.717) is 25.4 Å². The molecule has 0 bridgehead atoms. The Bertz CT molecular complexity index is 1950. The van der Waals surface area contributed by atoms with Gasteiger partial charge in [-0.2, -0.15) is 8.91 Å². The first-order chi connectivity index (χ1) is 25.8. The minimum Gasteiger partial charge on any atom is -0.744 e. The number of rotatable bonds is 17. The lowest BCUT2D eigenvalue weighted by Crippen LogP contribution is -2.28. The molecule has 2 saturated heterocycles. The lowest BCUT2D eigenvalue weighted by atomic mass is 9.81. The normalized spacial score (nSPS) is 22.6. The fraction of sp³-hybridized carbons (Fsp3) is 0.500. The number of carbonyl (C=O) groups excluding carboxylic acids is 1. The smallest absolute Gasteiger partial charge is 0.246 e. The Balaban J connectivity index is 1.16. The summed E-state index contributed by atoms with van der Waals surface area (Å²) < 4.78 is 54.2. The van der Waals surface area contributed by atoms with Gasteiger partial charge >= 0.3 is 0 Å². The third-order valence-electron chi connectivity index (χ3n) is 11.0. The van der Waals surface area contributed by atoms with Gasteiger partial charge in [0.1, 0.15) is 22.7 Å². The molecule has 0 spiro atoms. The molecule has 0 aromatic heterocycles. The van der Waals surface area contributed by atoms with Crippen molar-refractivity contribution in [2.45, 2.75) is 106 Å². The topological polar surface area (TPSA) is 144 Å². The molecule has 292 valence electrons. The van der Waals surface area contributed by atoms with Gasteiger partial charge in [-0.15, -0.1) is 0 Å². The second-order valence-electron chi connectivity index (χ2n) is 15.1. The lowest BCUT2D eigenvalue weighted by Gasteiger charge is -2.25. The summed E-state index contributed by atoms with van der Waals surface area (Å²) in [5.74, 6) is 0.147.